The molecule has 228 valence electrons. The van der Waals surface area contributed by atoms with Gasteiger partial charge in [0.25, 0.3) is 5.91 Å². The Balaban J connectivity index is 1.43. The Kier molecular flexibility index (Phi) is 9.10. The molecule has 0 unspecified atom stereocenters. The Morgan fingerprint density at radius 1 is 1.10 bits per heavy atom. The number of rotatable bonds is 7. The van der Waals surface area contributed by atoms with Gasteiger partial charge in [-0.2, -0.15) is 13.2 Å². The number of para-hydroxylation sites is 1. The maximum absolute atomic E-state index is 13.7. The van der Waals surface area contributed by atoms with Crippen molar-refractivity contribution < 1.29 is 27.5 Å². The summed E-state index contributed by atoms with van der Waals surface area (Å²) < 4.78 is 46.5. The summed E-state index contributed by atoms with van der Waals surface area (Å²) in [5.74, 6) is 0.386. The van der Waals surface area contributed by atoms with Crippen molar-refractivity contribution >= 4 is 17.6 Å². The summed E-state index contributed by atoms with van der Waals surface area (Å²) >= 11 is 0. The van der Waals surface area contributed by atoms with Gasteiger partial charge in [-0.1, -0.05) is 19.1 Å². The highest BCUT2D eigenvalue weighted by atomic mass is 19.4. The van der Waals surface area contributed by atoms with Gasteiger partial charge in [-0.05, 0) is 63.4 Å². The van der Waals surface area contributed by atoms with E-state index >= 15 is 0 Å². The van der Waals surface area contributed by atoms with Crippen molar-refractivity contribution in [3.63, 3.8) is 0 Å². The Morgan fingerprint density at radius 3 is 2.62 bits per heavy atom. The first kappa shape index (κ1) is 29.9. The molecule has 3 amide bonds. The van der Waals surface area contributed by atoms with Crippen molar-refractivity contribution in [3.05, 3.63) is 42.1 Å². The first-order valence-electron chi connectivity index (χ1n) is 14.8. The zero-order chi connectivity index (χ0) is 29.9. The zero-order valence-corrected chi connectivity index (χ0v) is 24.1. The molecule has 3 atom stereocenters. The number of alkyl halides is 3. The number of urea groups is 1. The number of nitrogens with zero attached hydrogens (tertiary/aromatic N) is 4. The van der Waals surface area contributed by atoms with E-state index in [2.05, 4.69) is 15.5 Å². The number of hydrogen-bond donors (Lipinski definition) is 2. The molecule has 2 aromatic rings. The van der Waals surface area contributed by atoms with E-state index in [9.17, 15) is 22.8 Å². The predicted molar refractivity (Wildman–Crippen MR) is 154 cm³/mol. The molecule has 4 heterocycles. The van der Waals surface area contributed by atoms with Crippen LogP contribution in [0.25, 0.3) is 11.3 Å². The van der Waals surface area contributed by atoms with Crippen LogP contribution in [0.1, 0.15) is 50.0 Å². The van der Waals surface area contributed by atoms with Crippen LogP contribution in [-0.4, -0.2) is 96.9 Å². The fraction of sp³-hybridized carbons (Fsp3) is 0.567. The Morgan fingerprint density at radius 2 is 1.90 bits per heavy atom. The number of nitrogens with one attached hydrogen (secondary N) is 2. The molecule has 1 aromatic heterocycles. The molecule has 12 heteroatoms. The molecule has 0 aliphatic carbocycles. The smallest absolute Gasteiger partial charge is 0.408 e. The number of anilines is 1. The first-order chi connectivity index (χ1) is 20.2. The summed E-state index contributed by atoms with van der Waals surface area (Å²) in [7, 11) is 0. The third-order valence-corrected chi connectivity index (χ3v) is 8.36. The van der Waals surface area contributed by atoms with Gasteiger partial charge in [0.05, 0.1) is 18.0 Å². The summed E-state index contributed by atoms with van der Waals surface area (Å²) in [6.45, 7) is 6.87. The quantitative estimate of drug-likeness (QED) is 0.502. The molecule has 3 aliphatic rings. The van der Waals surface area contributed by atoms with E-state index in [1.807, 2.05) is 50.2 Å². The Bertz CT molecular complexity index is 1270. The number of hydrogen-bond acceptors (Lipinski definition) is 6. The topological polar surface area (TPSA) is 90.0 Å². The number of piperazine rings is 1. The summed E-state index contributed by atoms with van der Waals surface area (Å²) in [5, 5.41) is 6.37. The van der Waals surface area contributed by atoms with E-state index in [1.54, 1.807) is 0 Å². The number of halogens is 3. The number of benzene rings is 1. The number of pyridine rings is 1. The molecular formula is C30H39F3N6O3. The molecule has 3 aliphatic heterocycles. The highest BCUT2D eigenvalue weighted by molar-refractivity contribution is 5.99. The normalized spacial score (nSPS) is 22.9. The van der Waals surface area contributed by atoms with Crippen molar-refractivity contribution in [1.29, 1.82) is 0 Å². The second-order valence-electron chi connectivity index (χ2n) is 11.0. The van der Waals surface area contributed by atoms with Crippen LogP contribution in [0, 0.1) is 0 Å². The molecular weight excluding hydrogens is 549 g/mol. The van der Waals surface area contributed by atoms with Gasteiger partial charge in [0.1, 0.15) is 11.8 Å². The fourth-order valence-corrected chi connectivity index (χ4v) is 6.21. The summed E-state index contributed by atoms with van der Waals surface area (Å²) in [6.07, 6.45) is -2.71. The van der Waals surface area contributed by atoms with E-state index in [-0.39, 0.29) is 49.7 Å². The molecule has 2 N–H and O–H groups in total. The number of amides is 3. The van der Waals surface area contributed by atoms with Crippen molar-refractivity contribution in [2.45, 2.75) is 63.8 Å². The SMILES string of the molecule is CCOc1ccccc1-c1ccc(N2CCN(C(=O)N3CCC[C@H]3C(F)(F)F)C[C@H]2CC)c(C(=O)N[C@@H]2CCNC2)n1. The highest BCUT2D eigenvalue weighted by Crippen LogP contribution is 2.35. The van der Waals surface area contributed by atoms with Gasteiger partial charge in [0, 0.05) is 50.4 Å². The average molecular weight is 589 g/mol. The molecule has 5 rings (SSSR count). The van der Waals surface area contributed by atoms with Gasteiger partial charge in [-0.15, -0.1) is 0 Å². The van der Waals surface area contributed by atoms with E-state index in [1.165, 1.54) is 4.90 Å². The third kappa shape index (κ3) is 6.28. The molecule has 0 spiro atoms. The van der Waals surface area contributed by atoms with Gasteiger partial charge in [-0.25, -0.2) is 9.78 Å². The summed E-state index contributed by atoms with van der Waals surface area (Å²) in [6, 6.07) is 8.78. The van der Waals surface area contributed by atoms with Gasteiger partial charge in [0.15, 0.2) is 5.69 Å². The lowest BCUT2D eigenvalue weighted by atomic mass is 10.0. The first-order valence-corrected chi connectivity index (χ1v) is 14.8. The van der Waals surface area contributed by atoms with Gasteiger partial charge >= 0.3 is 12.2 Å². The van der Waals surface area contributed by atoms with Crippen LogP contribution in [0.2, 0.25) is 0 Å². The largest absolute Gasteiger partial charge is 0.493 e. The summed E-state index contributed by atoms with van der Waals surface area (Å²) in [5.41, 5.74) is 2.30. The minimum absolute atomic E-state index is 0.00926. The number of ether oxygens (including phenoxy) is 1. The van der Waals surface area contributed by atoms with E-state index in [0.29, 0.717) is 49.7 Å². The lowest BCUT2D eigenvalue weighted by Gasteiger charge is -2.44. The lowest BCUT2D eigenvalue weighted by molar-refractivity contribution is -0.170. The molecule has 3 fully saturated rings. The van der Waals surface area contributed by atoms with Gasteiger partial charge in [-0.3, -0.25) is 4.79 Å². The van der Waals surface area contributed by atoms with Crippen molar-refractivity contribution in [3.8, 4) is 17.0 Å². The number of carbonyl (C=O) groups excluding carboxylic acids is 2. The van der Waals surface area contributed by atoms with E-state index in [4.69, 9.17) is 9.72 Å². The average Bonchev–Trinajstić information content (AvgIpc) is 3.69. The molecule has 3 saturated heterocycles. The third-order valence-electron chi connectivity index (χ3n) is 8.36. The second kappa shape index (κ2) is 12.8. The van der Waals surface area contributed by atoms with E-state index < -0.39 is 18.2 Å². The van der Waals surface area contributed by atoms with Crippen LogP contribution in [0.15, 0.2) is 36.4 Å². The second-order valence-corrected chi connectivity index (χ2v) is 11.0. The minimum Gasteiger partial charge on any atom is -0.493 e. The monoisotopic (exact) mass is 588 g/mol. The fourth-order valence-electron chi connectivity index (χ4n) is 6.21. The Labute approximate surface area is 244 Å². The number of aromatic nitrogens is 1. The van der Waals surface area contributed by atoms with Gasteiger partial charge in [0.2, 0.25) is 0 Å². The van der Waals surface area contributed by atoms with Crippen LogP contribution in [0.3, 0.4) is 0 Å². The zero-order valence-electron chi connectivity index (χ0n) is 24.1. The maximum Gasteiger partial charge on any atom is 0.408 e. The standard InChI is InChI=1S/C30H39F3N6O3/c1-3-21-19-37(29(41)39-15-7-10-26(39)30(31,32)33)16-17-38(21)24-12-11-23(22-8-5-6-9-25(22)42-4-2)36-27(24)28(40)35-20-13-14-34-18-20/h5-6,8-9,11-12,20-21,26,34H,3-4,7,10,13-19H2,1-2H3,(H,35,40)/t20-,21-,26+/m1/s1. The molecule has 9 nitrogen and oxygen atoms in total. The van der Waals surface area contributed by atoms with Crippen LogP contribution in [-0.2, 0) is 0 Å². The molecule has 42 heavy (non-hydrogen) atoms. The molecule has 0 bridgehead atoms. The van der Waals surface area contributed by atoms with Crippen LogP contribution >= 0.6 is 0 Å². The highest BCUT2D eigenvalue weighted by Gasteiger charge is 2.49. The van der Waals surface area contributed by atoms with Gasteiger partial charge < -0.3 is 30.1 Å². The van der Waals surface area contributed by atoms with Crippen molar-refractivity contribution in [1.82, 2.24) is 25.4 Å². The number of carbonyl (C=O) groups is 2. The van der Waals surface area contributed by atoms with Crippen LogP contribution in [0.4, 0.5) is 23.7 Å². The van der Waals surface area contributed by atoms with E-state index in [0.717, 1.165) is 23.4 Å². The molecule has 1 aromatic carbocycles. The minimum atomic E-state index is -4.44. The lowest BCUT2D eigenvalue weighted by Crippen LogP contribution is -2.59. The summed E-state index contributed by atoms with van der Waals surface area (Å²) in [4.78, 5) is 36.4. The Hall–Kier alpha value is -3.54. The predicted octanol–water partition coefficient (Wildman–Crippen LogP) is 4.29. The number of likely N-dealkylation sites (tertiary alicyclic amines) is 1. The van der Waals surface area contributed by atoms with Crippen molar-refractivity contribution in [2.24, 2.45) is 0 Å². The molecule has 0 radical (unpaired) electrons. The molecule has 0 saturated carbocycles. The van der Waals surface area contributed by atoms with Crippen molar-refractivity contribution in [2.75, 3.05) is 50.8 Å². The van der Waals surface area contributed by atoms with Crippen LogP contribution in [0.5, 0.6) is 5.75 Å². The maximum atomic E-state index is 13.7. The van der Waals surface area contributed by atoms with Crippen LogP contribution < -0.4 is 20.3 Å².